The van der Waals surface area contributed by atoms with Crippen molar-refractivity contribution >= 4 is 11.7 Å². The molecule has 0 fully saturated rings. The summed E-state index contributed by atoms with van der Waals surface area (Å²) in [6.45, 7) is 2.66. The van der Waals surface area contributed by atoms with E-state index in [-0.39, 0.29) is 12.5 Å². The van der Waals surface area contributed by atoms with Gasteiger partial charge in [-0.15, -0.1) is 0 Å². The van der Waals surface area contributed by atoms with Gasteiger partial charge in [-0.05, 0) is 18.6 Å². The van der Waals surface area contributed by atoms with Crippen molar-refractivity contribution in [1.82, 2.24) is 19.6 Å². The lowest BCUT2D eigenvalue weighted by atomic mass is 10.2. The number of benzene rings is 2. The molecule has 0 spiro atoms. The van der Waals surface area contributed by atoms with E-state index < -0.39 is 0 Å². The lowest BCUT2D eigenvalue weighted by molar-refractivity contribution is -0.116. The number of nitrogens with zero attached hydrogens (tertiary/aromatic N) is 4. The Morgan fingerprint density at radius 2 is 1.68 bits per heavy atom. The molecule has 0 saturated carbocycles. The smallest absolute Gasteiger partial charge is 0.247 e. The van der Waals surface area contributed by atoms with Crippen molar-refractivity contribution in [2.45, 2.75) is 20.0 Å². The van der Waals surface area contributed by atoms with E-state index in [4.69, 9.17) is 0 Å². The van der Waals surface area contributed by atoms with Crippen LogP contribution in [0.4, 0.5) is 5.82 Å². The number of hydrogen-bond acceptors (Lipinski definition) is 3. The van der Waals surface area contributed by atoms with Gasteiger partial charge in [-0.1, -0.05) is 60.7 Å². The van der Waals surface area contributed by atoms with Gasteiger partial charge in [-0.2, -0.15) is 10.2 Å². The molecule has 4 rings (SSSR count). The summed E-state index contributed by atoms with van der Waals surface area (Å²) in [6, 6.07) is 23.7. The third kappa shape index (κ3) is 4.17. The number of rotatable bonds is 6. The number of amides is 1. The molecule has 0 atom stereocenters. The van der Waals surface area contributed by atoms with E-state index in [0.29, 0.717) is 12.4 Å². The van der Waals surface area contributed by atoms with Crippen LogP contribution >= 0.6 is 0 Å². The van der Waals surface area contributed by atoms with Crippen LogP contribution in [-0.2, 0) is 17.9 Å². The zero-order chi connectivity index (χ0) is 19.3. The molecule has 6 heteroatoms. The van der Waals surface area contributed by atoms with Crippen molar-refractivity contribution in [3.05, 3.63) is 90.3 Å². The zero-order valence-corrected chi connectivity index (χ0v) is 15.6. The Kier molecular flexibility index (Phi) is 5.01. The number of carbonyl (C=O) groups excluding carboxylic acids is 1. The van der Waals surface area contributed by atoms with E-state index >= 15 is 0 Å². The molecule has 0 radical (unpaired) electrons. The van der Waals surface area contributed by atoms with Gasteiger partial charge in [0.25, 0.3) is 0 Å². The maximum atomic E-state index is 12.5. The first kappa shape index (κ1) is 17.7. The fraction of sp³-hybridized carbons (Fsp3) is 0.136. The highest BCUT2D eigenvalue weighted by Gasteiger charge is 2.11. The number of hydrogen-bond donors (Lipinski definition) is 1. The Balaban J connectivity index is 1.44. The largest absolute Gasteiger partial charge is 0.309 e. The lowest BCUT2D eigenvalue weighted by Crippen LogP contribution is -2.21. The number of anilines is 1. The predicted octanol–water partition coefficient (Wildman–Crippen LogP) is 3.74. The van der Waals surface area contributed by atoms with Crippen LogP contribution in [0.2, 0.25) is 0 Å². The van der Waals surface area contributed by atoms with Crippen molar-refractivity contribution in [2.75, 3.05) is 5.32 Å². The number of nitrogens with one attached hydrogen (secondary N) is 1. The maximum absolute atomic E-state index is 12.5. The molecule has 1 N–H and O–H groups in total. The Bertz CT molecular complexity index is 1070. The molecule has 2 heterocycles. The molecule has 4 aromatic rings. The molecule has 6 nitrogen and oxygen atoms in total. The van der Waals surface area contributed by atoms with Crippen LogP contribution in [0.3, 0.4) is 0 Å². The Hall–Kier alpha value is -3.67. The summed E-state index contributed by atoms with van der Waals surface area (Å²) < 4.78 is 3.45. The fourth-order valence-electron chi connectivity index (χ4n) is 3.07. The quantitative estimate of drug-likeness (QED) is 0.561. The molecule has 140 valence electrons. The normalized spacial score (nSPS) is 10.8. The lowest BCUT2D eigenvalue weighted by Gasteiger charge is -2.09. The van der Waals surface area contributed by atoms with Gasteiger partial charge in [0.1, 0.15) is 12.4 Å². The summed E-state index contributed by atoms with van der Waals surface area (Å²) >= 11 is 0. The number of aryl methyl sites for hydroxylation is 1. The molecular weight excluding hydrogens is 350 g/mol. The highest BCUT2D eigenvalue weighted by Crippen LogP contribution is 2.16. The van der Waals surface area contributed by atoms with Gasteiger partial charge in [0.2, 0.25) is 5.91 Å². The summed E-state index contributed by atoms with van der Waals surface area (Å²) in [5.74, 6) is 0.540. The second-order valence-electron chi connectivity index (χ2n) is 6.63. The number of carbonyl (C=O) groups is 1. The second kappa shape index (κ2) is 7.92. The van der Waals surface area contributed by atoms with Crippen molar-refractivity contribution < 1.29 is 4.79 Å². The van der Waals surface area contributed by atoms with Gasteiger partial charge in [0.05, 0.1) is 17.9 Å². The highest BCUT2D eigenvalue weighted by molar-refractivity contribution is 5.89. The molecule has 1 amide bonds. The van der Waals surface area contributed by atoms with Gasteiger partial charge >= 0.3 is 0 Å². The summed E-state index contributed by atoms with van der Waals surface area (Å²) in [5.41, 5.74) is 3.86. The minimum absolute atomic E-state index is 0.141. The van der Waals surface area contributed by atoms with E-state index in [0.717, 1.165) is 22.5 Å². The molecule has 28 heavy (non-hydrogen) atoms. The molecule has 0 aliphatic carbocycles. The SMILES string of the molecule is Cc1cc(NC(=O)Cn2ccc(-c3ccccc3)n2)n(Cc2ccccc2)n1. The summed E-state index contributed by atoms with van der Waals surface area (Å²) in [4.78, 5) is 12.5. The molecule has 0 aliphatic rings. The summed E-state index contributed by atoms with van der Waals surface area (Å²) in [7, 11) is 0. The first-order chi connectivity index (χ1) is 13.7. The van der Waals surface area contributed by atoms with Gasteiger partial charge in [0.15, 0.2) is 0 Å². The summed E-state index contributed by atoms with van der Waals surface area (Å²) in [5, 5.41) is 11.9. The Labute approximate surface area is 163 Å². The zero-order valence-electron chi connectivity index (χ0n) is 15.6. The third-order valence-corrected chi connectivity index (χ3v) is 4.36. The van der Waals surface area contributed by atoms with Crippen molar-refractivity contribution in [3.63, 3.8) is 0 Å². The first-order valence-electron chi connectivity index (χ1n) is 9.14. The molecule has 0 unspecified atom stereocenters. The van der Waals surface area contributed by atoms with E-state index in [1.54, 1.807) is 9.36 Å². The van der Waals surface area contributed by atoms with Gasteiger partial charge < -0.3 is 5.32 Å². The maximum Gasteiger partial charge on any atom is 0.247 e. The average Bonchev–Trinajstić information content (AvgIpc) is 3.30. The minimum Gasteiger partial charge on any atom is -0.309 e. The third-order valence-electron chi connectivity index (χ3n) is 4.36. The van der Waals surface area contributed by atoms with Crippen molar-refractivity contribution in [1.29, 1.82) is 0 Å². The first-order valence-corrected chi connectivity index (χ1v) is 9.14. The van der Waals surface area contributed by atoms with Crippen LogP contribution in [0.1, 0.15) is 11.3 Å². The molecule has 0 bridgehead atoms. The van der Waals surface area contributed by atoms with E-state index in [1.807, 2.05) is 85.9 Å². The van der Waals surface area contributed by atoms with Gasteiger partial charge in [-0.3, -0.25) is 9.48 Å². The van der Waals surface area contributed by atoms with E-state index in [1.165, 1.54) is 0 Å². The van der Waals surface area contributed by atoms with Crippen LogP contribution in [0, 0.1) is 6.92 Å². The van der Waals surface area contributed by atoms with E-state index in [9.17, 15) is 4.79 Å². The van der Waals surface area contributed by atoms with Crippen molar-refractivity contribution in [3.8, 4) is 11.3 Å². The second-order valence-corrected chi connectivity index (χ2v) is 6.63. The molecular formula is C22H21N5O. The average molecular weight is 371 g/mol. The Morgan fingerprint density at radius 1 is 0.964 bits per heavy atom. The molecule has 2 aromatic carbocycles. The van der Waals surface area contributed by atoms with Crippen molar-refractivity contribution in [2.24, 2.45) is 0 Å². The Morgan fingerprint density at radius 3 is 2.43 bits per heavy atom. The van der Waals surface area contributed by atoms with Crippen LogP contribution in [0.5, 0.6) is 0 Å². The van der Waals surface area contributed by atoms with Crippen LogP contribution in [0.25, 0.3) is 11.3 Å². The monoisotopic (exact) mass is 371 g/mol. The van der Waals surface area contributed by atoms with Gasteiger partial charge in [-0.25, -0.2) is 4.68 Å². The molecule has 0 aliphatic heterocycles. The van der Waals surface area contributed by atoms with Crippen LogP contribution in [-0.4, -0.2) is 25.5 Å². The van der Waals surface area contributed by atoms with Crippen LogP contribution < -0.4 is 5.32 Å². The highest BCUT2D eigenvalue weighted by atomic mass is 16.2. The van der Waals surface area contributed by atoms with Gasteiger partial charge in [0, 0.05) is 17.8 Å². The molecule has 0 saturated heterocycles. The fourth-order valence-corrected chi connectivity index (χ4v) is 3.07. The molecule has 2 aromatic heterocycles. The minimum atomic E-state index is -0.142. The summed E-state index contributed by atoms with van der Waals surface area (Å²) in [6.07, 6.45) is 1.81. The van der Waals surface area contributed by atoms with E-state index in [2.05, 4.69) is 15.5 Å². The van der Waals surface area contributed by atoms with Crippen LogP contribution in [0.15, 0.2) is 79.0 Å². The standard InChI is InChI=1S/C22H21N5O/c1-17-14-21(27(24-17)15-18-8-4-2-5-9-18)23-22(28)16-26-13-12-20(25-26)19-10-6-3-7-11-19/h2-14H,15-16H2,1H3,(H,23,28). The number of aromatic nitrogens is 4. The topological polar surface area (TPSA) is 64.7 Å². The predicted molar refractivity (Wildman–Crippen MR) is 109 cm³/mol.